The Hall–Kier alpha value is -2.68. The Morgan fingerprint density at radius 1 is 1.12 bits per heavy atom. The molecule has 0 aliphatic carbocycles. The zero-order chi connectivity index (χ0) is 17.3. The number of nitrogens with zero attached hydrogens (tertiary/aromatic N) is 1. The predicted octanol–water partition coefficient (Wildman–Crippen LogP) is 5.29. The van der Waals surface area contributed by atoms with Gasteiger partial charge in [-0.25, -0.2) is 9.78 Å². The quantitative estimate of drug-likeness (QED) is 0.711. The highest BCUT2D eigenvalue weighted by molar-refractivity contribution is 6.04. The monoisotopic (exact) mass is 319 g/mol. The second-order valence-corrected chi connectivity index (χ2v) is 6.30. The summed E-state index contributed by atoms with van der Waals surface area (Å²) in [5.41, 5.74) is 5.05. The van der Waals surface area contributed by atoms with Gasteiger partial charge in [0.15, 0.2) is 0 Å². The number of pyridine rings is 1. The van der Waals surface area contributed by atoms with E-state index in [1.165, 1.54) is 5.56 Å². The topological polar surface area (TPSA) is 50.2 Å². The van der Waals surface area contributed by atoms with E-state index >= 15 is 0 Å². The fourth-order valence-corrected chi connectivity index (χ4v) is 2.96. The van der Waals surface area contributed by atoms with Gasteiger partial charge in [0.25, 0.3) is 0 Å². The summed E-state index contributed by atoms with van der Waals surface area (Å²) in [6, 6.07) is 15.6. The highest BCUT2D eigenvalue weighted by Crippen LogP contribution is 2.28. The van der Waals surface area contributed by atoms with Crippen LogP contribution < -0.4 is 0 Å². The van der Waals surface area contributed by atoms with Crippen molar-refractivity contribution in [2.24, 2.45) is 0 Å². The van der Waals surface area contributed by atoms with Crippen molar-refractivity contribution in [2.75, 3.05) is 0 Å². The number of carbonyl (C=O) groups is 1. The number of para-hydroxylation sites is 1. The van der Waals surface area contributed by atoms with Crippen LogP contribution in [0.4, 0.5) is 0 Å². The van der Waals surface area contributed by atoms with Crippen LogP contribution in [0.2, 0.25) is 0 Å². The van der Waals surface area contributed by atoms with Gasteiger partial charge in [-0.05, 0) is 29.5 Å². The molecule has 0 saturated heterocycles. The molecule has 3 heteroatoms. The molecule has 0 saturated carbocycles. The van der Waals surface area contributed by atoms with Crippen LogP contribution in [0.25, 0.3) is 22.2 Å². The number of carboxylic acid groups (broad SMARTS) is 1. The first-order chi connectivity index (χ1) is 11.5. The third-order valence-corrected chi connectivity index (χ3v) is 4.41. The van der Waals surface area contributed by atoms with Crippen molar-refractivity contribution in [3.05, 3.63) is 65.2 Å². The zero-order valence-electron chi connectivity index (χ0n) is 14.2. The Morgan fingerprint density at radius 3 is 2.42 bits per heavy atom. The van der Waals surface area contributed by atoms with Gasteiger partial charge < -0.3 is 5.11 Å². The Balaban J connectivity index is 2.23. The van der Waals surface area contributed by atoms with Crippen LogP contribution in [0.1, 0.15) is 48.2 Å². The van der Waals surface area contributed by atoms with E-state index in [-0.39, 0.29) is 0 Å². The molecule has 3 aromatic rings. The summed E-state index contributed by atoms with van der Waals surface area (Å²) in [4.78, 5) is 16.5. The lowest BCUT2D eigenvalue weighted by molar-refractivity contribution is 0.0699. The second kappa shape index (κ2) is 6.44. The standard InChI is InChI=1S/C21H21NO2/c1-4-14-6-5-7-17-18(21(23)24)12-19(22-20(14)17)16-10-8-15(9-11-16)13(2)3/h5-13H,4H2,1-3H3,(H,23,24). The van der Waals surface area contributed by atoms with Gasteiger partial charge in [-0.15, -0.1) is 0 Å². The average Bonchev–Trinajstić information content (AvgIpc) is 2.60. The van der Waals surface area contributed by atoms with E-state index in [1.807, 2.05) is 30.3 Å². The minimum Gasteiger partial charge on any atom is -0.478 e. The molecule has 24 heavy (non-hydrogen) atoms. The lowest BCUT2D eigenvalue weighted by atomic mass is 9.98. The number of rotatable bonds is 4. The molecule has 0 spiro atoms. The SMILES string of the molecule is CCc1cccc2c(C(=O)O)cc(-c3ccc(C(C)C)cc3)nc12. The number of hydrogen-bond donors (Lipinski definition) is 1. The van der Waals surface area contributed by atoms with Crippen LogP contribution >= 0.6 is 0 Å². The molecule has 0 amide bonds. The van der Waals surface area contributed by atoms with Crippen LogP contribution in [-0.4, -0.2) is 16.1 Å². The Labute approximate surface area is 142 Å². The molecule has 0 bridgehead atoms. The van der Waals surface area contributed by atoms with Crippen molar-refractivity contribution in [1.29, 1.82) is 0 Å². The van der Waals surface area contributed by atoms with Crippen LogP contribution in [0.15, 0.2) is 48.5 Å². The lowest BCUT2D eigenvalue weighted by Gasteiger charge is -2.11. The number of aryl methyl sites for hydroxylation is 1. The smallest absolute Gasteiger partial charge is 0.336 e. The maximum absolute atomic E-state index is 11.7. The highest BCUT2D eigenvalue weighted by atomic mass is 16.4. The minimum absolute atomic E-state index is 0.304. The number of carboxylic acids is 1. The van der Waals surface area contributed by atoms with E-state index in [0.717, 1.165) is 23.1 Å². The number of aromatic carboxylic acids is 1. The van der Waals surface area contributed by atoms with Gasteiger partial charge >= 0.3 is 5.97 Å². The minimum atomic E-state index is -0.921. The molecule has 2 aromatic carbocycles. The number of fused-ring (bicyclic) bond motifs is 1. The maximum atomic E-state index is 11.7. The summed E-state index contributed by atoms with van der Waals surface area (Å²) in [5, 5.41) is 10.3. The molecule has 1 aromatic heterocycles. The van der Waals surface area contributed by atoms with Gasteiger partial charge in [0.2, 0.25) is 0 Å². The highest BCUT2D eigenvalue weighted by Gasteiger charge is 2.14. The van der Waals surface area contributed by atoms with Crippen molar-refractivity contribution in [3.8, 4) is 11.3 Å². The molecule has 1 heterocycles. The van der Waals surface area contributed by atoms with Crippen LogP contribution in [-0.2, 0) is 6.42 Å². The van der Waals surface area contributed by atoms with E-state index in [1.54, 1.807) is 6.07 Å². The Bertz CT molecular complexity index is 896. The van der Waals surface area contributed by atoms with Crippen LogP contribution in [0.5, 0.6) is 0 Å². The van der Waals surface area contributed by atoms with Gasteiger partial charge in [-0.2, -0.15) is 0 Å². The van der Waals surface area contributed by atoms with Crippen LogP contribution in [0, 0.1) is 0 Å². The number of aromatic nitrogens is 1. The molecule has 122 valence electrons. The zero-order valence-corrected chi connectivity index (χ0v) is 14.2. The fourth-order valence-electron chi connectivity index (χ4n) is 2.96. The van der Waals surface area contributed by atoms with E-state index in [2.05, 4.69) is 32.9 Å². The number of benzene rings is 2. The van der Waals surface area contributed by atoms with Gasteiger partial charge in [0.05, 0.1) is 16.8 Å². The Kier molecular flexibility index (Phi) is 4.34. The summed E-state index contributed by atoms with van der Waals surface area (Å²) in [6.07, 6.45) is 0.819. The first-order valence-corrected chi connectivity index (χ1v) is 8.27. The van der Waals surface area contributed by atoms with Gasteiger partial charge in [-0.1, -0.05) is 63.2 Å². The van der Waals surface area contributed by atoms with Gasteiger partial charge in [0.1, 0.15) is 0 Å². The molecule has 0 aliphatic rings. The first kappa shape index (κ1) is 16.2. The molecule has 3 nitrogen and oxygen atoms in total. The van der Waals surface area contributed by atoms with Crippen molar-refractivity contribution < 1.29 is 9.90 Å². The summed E-state index contributed by atoms with van der Waals surface area (Å²) >= 11 is 0. The molecule has 0 fully saturated rings. The predicted molar refractivity (Wildman–Crippen MR) is 97.6 cm³/mol. The molecule has 3 rings (SSSR count). The van der Waals surface area contributed by atoms with Gasteiger partial charge in [0, 0.05) is 10.9 Å². The summed E-state index contributed by atoms with van der Waals surface area (Å²) in [5.74, 6) is -0.458. The largest absolute Gasteiger partial charge is 0.478 e. The molecule has 0 atom stereocenters. The summed E-state index contributed by atoms with van der Waals surface area (Å²) in [7, 11) is 0. The van der Waals surface area contributed by atoms with Crippen molar-refractivity contribution in [2.45, 2.75) is 33.1 Å². The molecular weight excluding hydrogens is 298 g/mol. The molecule has 0 radical (unpaired) electrons. The van der Waals surface area contributed by atoms with Crippen molar-refractivity contribution in [1.82, 2.24) is 4.98 Å². The summed E-state index contributed by atoms with van der Waals surface area (Å²) < 4.78 is 0. The van der Waals surface area contributed by atoms with Crippen LogP contribution in [0.3, 0.4) is 0 Å². The van der Waals surface area contributed by atoms with E-state index in [4.69, 9.17) is 4.98 Å². The van der Waals surface area contributed by atoms with E-state index in [0.29, 0.717) is 22.6 Å². The van der Waals surface area contributed by atoms with Gasteiger partial charge in [-0.3, -0.25) is 0 Å². The summed E-state index contributed by atoms with van der Waals surface area (Å²) in [6.45, 7) is 6.36. The first-order valence-electron chi connectivity index (χ1n) is 8.27. The molecular formula is C21H21NO2. The average molecular weight is 319 g/mol. The Morgan fingerprint density at radius 2 is 1.83 bits per heavy atom. The number of hydrogen-bond acceptors (Lipinski definition) is 2. The van der Waals surface area contributed by atoms with E-state index < -0.39 is 5.97 Å². The third kappa shape index (κ3) is 2.90. The van der Waals surface area contributed by atoms with Crippen molar-refractivity contribution >= 4 is 16.9 Å². The lowest BCUT2D eigenvalue weighted by Crippen LogP contribution is -2.02. The molecule has 0 unspecified atom stereocenters. The van der Waals surface area contributed by atoms with Crippen molar-refractivity contribution in [3.63, 3.8) is 0 Å². The maximum Gasteiger partial charge on any atom is 0.336 e. The molecule has 0 aliphatic heterocycles. The molecule has 1 N–H and O–H groups in total. The van der Waals surface area contributed by atoms with E-state index in [9.17, 15) is 9.90 Å². The second-order valence-electron chi connectivity index (χ2n) is 6.30. The fraction of sp³-hybridized carbons (Fsp3) is 0.238. The third-order valence-electron chi connectivity index (χ3n) is 4.41. The normalized spacial score (nSPS) is 11.2.